The first-order valence-electron chi connectivity index (χ1n) is 9.23. The van der Waals surface area contributed by atoms with Crippen LogP contribution in [0, 0.1) is 0 Å². The summed E-state index contributed by atoms with van der Waals surface area (Å²) in [5.74, 6) is 0.510. The number of carbonyl (C=O) groups excluding carboxylic acids is 1. The molecule has 0 atom stereocenters. The first-order valence-corrected chi connectivity index (χ1v) is 9.23. The molecule has 4 rings (SSSR count). The molecule has 0 aliphatic heterocycles. The molecule has 2 heterocycles. The van der Waals surface area contributed by atoms with Gasteiger partial charge in [0.25, 0.3) is 0 Å². The minimum atomic E-state index is -0.453. The van der Waals surface area contributed by atoms with Crippen molar-refractivity contribution in [2.75, 3.05) is 11.9 Å². The van der Waals surface area contributed by atoms with Crippen LogP contribution >= 0.6 is 0 Å². The monoisotopic (exact) mass is 385 g/mol. The first-order chi connectivity index (χ1) is 14.3. The summed E-state index contributed by atoms with van der Waals surface area (Å²) in [4.78, 5) is 12.4. The number of ether oxygens (including phenoxy) is 1. The number of nitrogens with one attached hydrogen (secondary N) is 1. The van der Waals surface area contributed by atoms with Gasteiger partial charge in [0.1, 0.15) is 11.4 Å². The fourth-order valence-corrected chi connectivity index (χ4v) is 2.88. The van der Waals surface area contributed by atoms with Gasteiger partial charge in [-0.1, -0.05) is 48.5 Å². The molecule has 0 amide bonds. The van der Waals surface area contributed by atoms with Gasteiger partial charge in [-0.05, 0) is 31.2 Å². The lowest BCUT2D eigenvalue weighted by molar-refractivity contribution is 0.0527. The number of carbonyl (C=O) groups is 1. The van der Waals surface area contributed by atoms with E-state index in [0.29, 0.717) is 17.2 Å². The molecule has 7 heteroatoms. The van der Waals surface area contributed by atoms with E-state index in [2.05, 4.69) is 20.6 Å². The summed E-state index contributed by atoms with van der Waals surface area (Å²) in [7, 11) is 0. The second kappa shape index (κ2) is 8.35. The Morgan fingerprint density at radius 1 is 0.966 bits per heavy atom. The average Bonchev–Trinajstić information content (AvgIpc) is 3.19. The lowest BCUT2D eigenvalue weighted by atomic mass is 10.1. The molecule has 0 aliphatic carbocycles. The normalized spacial score (nSPS) is 10.5. The van der Waals surface area contributed by atoms with E-state index < -0.39 is 5.97 Å². The first kappa shape index (κ1) is 18.4. The Labute approximate surface area is 168 Å². The third-order valence-corrected chi connectivity index (χ3v) is 4.25. The van der Waals surface area contributed by atoms with E-state index in [1.165, 1.54) is 6.20 Å². The quantitative estimate of drug-likeness (QED) is 0.500. The van der Waals surface area contributed by atoms with E-state index in [1.54, 1.807) is 11.6 Å². The molecule has 0 unspecified atom stereocenters. The summed E-state index contributed by atoms with van der Waals surface area (Å²) in [6.45, 7) is 2.04. The van der Waals surface area contributed by atoms with Crippen LogP contribution in [0.5, 0.6) is 0 Å². The number of nitrogens with zero attached hydrogens (tertiary/aromatic N) is 4. The maximum absolute atomic E-state index is 12.4. The standard InChI is InChI=1S/C22H19N5O2/c1-2-29-22(28)18-15-23-27(17-11-7-4-8-12-17)21(18)24-20-14-13-19(25-26-20)16-9-5-3-6-10-16/h3-15H,2H2,1H3,(H,24,26). The SMILES string of the molecule is CCOC(=O)c1cnn(-c2ccccc2)c1Nc1ccc(-c2ccccc2)nn1. The van der Waals surface area contributed by atoms with Crippen LogP contribution in [0.4, 0.5) is 11.6 Å². The number of rotatable bonds is 6. The van der Waals surface area contributed by atoms with Crippen LogP contribution in [0.2, 0.25) is 0 Å². The third-order valence-electron chi connectivity index (χ3n) is 4.25. The average molecular weight is 385 g/mol. The second-order valence-electron chi connectivity index (χ2n) is 6.17. The number of benzene rings is 2. The molecule has 4 aromatic rings. The summed E-state index contributed by atoms with van der Waals surface area (Å²) < 4.78 is 6.80. The Balaban J connectivity index is 1.68. The molecule has 29 heavy (non-hydrogen) atoms. The summed E-state index contributed by atoms with van der Waals surface area (Å²) in [6.07, 6.45) is 1.49. The molecule has 7 nitrogen and oxygen atoms in total. The van der Waals surface area contributed by atoms with Crippen molar-refractivity contribution in [2.45, 2.75) is 6.92 Å². The van der Waals surface area contributed by atoms with Gasteiger partial charge in [0.05, 0.1) is 24.2 Å². The maximum Gasteiger partial charge on any atom is 0.343 e. The van der Waals surface area contributed by atoms with Crippen molar-refractivity contribution in [2.24, 2.45) is 0 Å². The van der Waals surface area contributed by atoms with Crippen molar-refractivity contribution in [3.8, 4) is 16.9 Å². The zero-order valence-electron chi connectivity index (χ0n) is 15.8. The van der Waals surface area contributed by atoms with Crippen LogP contribution in [-0.4, -0.2) is 32.6 Å². The van der Waals surface area contributed by atoms with E-state index in [-0.39, 0.29) is 6.61 Å². The Hall–Kier alpha value is -4.00. The lowest BCUT2D eigenvalue weighted by Crippen LogP contribution is -2.10. The van der Waals surface area contributed by atoms with Gasteiger partial charge in [-0.25, -0.2) is 9.48 Å². The van der Waals surface area contributed by atoms with Crippen LogP contribution in [-0.2, 0) is 4.74 Å². The van der Waals surface area contributed by atoms with Crippen molar-refractivity contribution in [1.29, 1.82) is 0 Å². The molecule has 0 saturated heterocycles. The molecule has 0 fully saturated rings. The van der Waals surface area contributed by atoms with Gasteiger partial charge in [-0.15, -0.1) is 10.2 Å². The lowest BCUT2D eigenvalue weighted by Gasteiger charge is -2.11. The fraction of sp³-hybridized carbons (Fsp3) is 0.0909. The largest absolute Gasteiger partial charge is 0.462 e. The molecular weight excluding hydrogens is 366 g/mol. The number of hydrogen-bond acceptors (Lipinski definition) is 6. The van der Waals surface area contributed by atoms with E-state index in [9.17, 15) is 4.79 Å². The van der Waals surface area contributed by atoms with Crippen molar-refractivity contribution in [3.05, 3.63) is 84.6 Å². The number of hydrogen-bond donors (Lipinski definition) is 1. The Kier molecular flexibility index (Phi) is 5.29. The fourth-order valence-electron chi connectivity index (χ4n) is 2.88. The Morgan fingerprint density at radius 3 is 2.34 bits per heavy atom. The highest BCUT2D eigenvalue weighted by molar-refractivity contribution is 5.95. The predicted molar refractivity (Wildman–Crippen MR) is 110 cm³/mol. The molecule has 0 spiro atoms. The van der Waals surface area contributed by atoms with Crippen molar-refractivity contribution in [3.63, 3.8) is 0 Å². The van der Waals surface area contributed by atoms with Crippen molar-refractivity contribution in [1.82, 2.24) is 20.0 Å². The molecule has 144 valence electrons. The smallest absolute Gasteiger partial charge is 0.343 e. The summed E-state index contributed by atoms with van der Waals surface area (Å²) in [6, 6.07) is 23.0. The molecular formula is C22H19N5O2. The number of esters is 1. The second-order valence-corrected chi connectivity index (χ2v) is 6.17. The summed E-state index contributed by atoms with van der Waals surface area (Å²) in [5, 5.41) is 16.1. The van der Waals surface area contributed by atoms with Gasteiger partial charge in [-0.2, -0.15) is 5.10 Å². The highest BCUT2D eigenvalue weighted by atomic mass is 16.5. The molecule has 0 saturated carbocycles. The van der Waals surface area contributed by atoms with Crippen molar-refractivity contribution >= 4 is 17.6 Å². The molecule has 2 aromatic carbocycles. The highest BCUT2D eigenvalue weighted by Crippen LogP contribution is 2.25. The topological polar surface area (TPSA) is 81.9 Å². The van der Waals surface area contributed by atoms with Crippen LogP contribution in [0.25, 0.3) is 16.9 Å². The molecule has 1 N–H and O–H groups in total. The van der Waals surface area contributed by atoms with Gasteiger partial charge in [-0.3, -0.25) is 0 Å². The molecule has 0 bridgehead atoms. The number of anilines is 2. The van der Waals surface area contributed by atoms with Gasteiger partial charge in [0, 0.05) is 5.56 Å². The van der Waals surface area contributed by atoms with E-state index in [4.69, 9.17) is 4.74 Å². The zero-order chi connectivity index (χ0) is 20.1. The Bertz CT molecular complexity index is 1090. The third kappa shape index (κ3) is 3.98. The van der Waals surface area contributed by atoms with E-state index in [1.807, 2.05) is 72.8 Å². The summed E-state index contributed by atoms with van der Waals surface area (Å²) >= 11 is 0. The maximum atomic E-state index is 12.4. The van der Waals surface area contributed by atoms with E-state index in [0.717, 1.165) is 16.9 Å². The van der Waals surface area contributed by atoms with Crippen molar-refractivity contribution < 1.29 is 9.53 Å². The van der Waals surface area contributed by atoms with Crippen LogP contribution < -0.4 is 5.32 Å². The van der Waals surface area contributed by atoms with E-state index >= 15 is 0 Å². The van der Waals surface area contributed by atoms with Crippen LogP contribution in [0.15, 0.2) is 79.0 Å². The molecule has 0 radical (unpaired) electrons. The minimum Gasteiger partial charge on any atom is -0.462 e. The van der Waals surface area contributed by atoms with Gasteiger partial charge in [0.2, 0.25) is 0 Å². The number of para-hydroxylation sites is 1. The van der Waals surface area contributed by atoms with Gasteiger partial charge in [0.15, 0.2) is 5.82 Å². The highest BCUT2D eigenvalue weighted by Gasteiger charge is 2.20. The van der Waals surface area contributed by atoms with Crippen LogP contribution in [0.1, 0.15) is 17.3 Å². The van der Waals surface area contributed by atoms with Crippen LogP contribution in [0.3, 0.4) is 0 Å². The van der Waals surface area contributed by atoms with Gasteiger partial charge >= 0.3 is 5.97 Å². The molecule has 2 aromatic heterocycles. The predicted octanol–water partition coefficient (Wildman–Crippen LogP) is 4.25. The minimum absolute atomic E-state index is 0.278. The number of aromatic nitrogens is 4. The zero-order valence-corrected chi connectivity index (χ0v) is 15.8. The summed E-state index contributed by atoms with van der Waals surface area (Å²) in [5.41, 5.74) is 2.87. The molecule has 0 aliphatic rings. The van der Waals surface area contributed by atoms with Gasteiger partial charge < -0.3 is 10.1 Å². The Morgan fingerprint density at radius 2 is 1.69 bits per heavy atom.